The smallest absolute Gasteiger partial charge is 0.0492 e. The maximum atomic E-state index is 4.51. The summed E-state index contributed by atoms with van der Waals surface area (Å²) >= 11 is 0. The molecule has 1 saturated carbocycles. The highest BCUT2D eigenvalue weighted by Crippen LogP contribution is 2.41. The SMILES string of the molecule is CCCNCC1CCC(CCC)CC1c1ccnn1CC. The van der Waals surface area contributed by atoms with Crippen molar-refractivity contribution < 1.29 is 0 Å². The summed E-state index contributed by atoms with van der Waals surface area (Å²) in [7, 11) is 0. The molecule has 0 aliphatic heterocycles. The van der Waals surface area contributed by atoms with Crippen molar-refractivity contribution in [3.63, 3.8) is 0 Å². The molecule has 1 aliphatic carbocycles. The highest BCUT2D eigenvalue weighted by atomic mass is 15.3. The fourth-order valence-electron chi connectivity index (χ4n) is 3.98. The standard InChI is InChI=1S/C18H33N3/c1-4-7-15-8-9-16(14-19-11-5-2)17(13-15)18-10-12-20-21(18)6-3/h10,12,15-17,19H,4-9,11,13-14H2,1-3H3. The Morgan fingerprint density at radius 1 is 1.24 bits per heavy atom. The zero-order valence-corrected chi connectivity index (χ0v) is 14.1. The minimum atomic E-state index is 0.696. The van der Waals surface area contributed by atoms with Crippen LogP contribution < -0.4 is 5.32 Å². The number of nitrogens with zero attached hydrogens (tertiary/aromatic N) is 2. The quantitative estimate of drug-likeness (QED) is 0.727. The Bertz CT molecular complexity index is 399. The number of aromatic nitrogens is 2. The summed E-state index contributed by atoms with van der Waals surface area (Å²) in [5.41, 5.74) is 1.47. The molecule has 120 valence electrons. The van der Waals surface area contributed by atoms with Crippen molar-refractivity contribution >= 4 is 0 Å². The van der Waals surface area contributed by atoms with Gasteiger partial charge in [0.25, 0.3) is 0 Å². The third-order valence-corrected chi connectivity index (χ3v) is 5.06. The summed E-state index contributed by atoms with van der Waals surface area (Å²) in [5.74, 6) is 2.40. The van der Waals surface area contributed by atoms with Crippen LogP contribution in [0.5, 0.6) is 0 Å². The lowest BCUT2D eigenvalue weighted by molar-refractivity contribution is 0.213. The summed E-state index contributed by atoms with van der Waals surface area (Å²) < 4.78 is 2.21. The molecule has 2 rings (SSSR count). The van der Waals surface area contributed by atoms with Crippen molar-refractivity contribution in [1.29, 1.82) is 0 Å². The van der Waals surface area contributed by atoms with Gasteiger partial charge in [-0.05, 0) is 57.2 Å². The molecule has 3 heteroatoms. The molecule has 3 nitrogen and oxygen atoms in total. The van der Waals surface area contributed by atoms with Crippen molar-refractivity contribution in [2.45, 2.75) is 71.8 Å². The van der Waals surface area contributed by atoms with E-state index < -0.39 is 0 Å². The number of hydrogen-bond donors (Lipinski definition) is 1. The van der Waals surface area contributed by atoms with E-state index >= 15 is 0 Å². The maximum absolute atomic E-state index is 4.51. The van der Waals surface area contributed by atoms with Gasteiger partial charge in [-0.2, -0.15) is 5.10 Å². The van der Waals surface area contributed by atoms with Gasteiger partial charge in [0, 0.05) is 24.4 Å². The third-order valence-electron chi connectivity index (χ3n) is 5.06. The Labute approximate surface area is 130 Å². The highest BCUT2D eigenvalue weighted by molar-refractivity contribution is 5.11. The first-order valence-corrected chi connectivity index (χ1v) is 9.02. The fourth-order valence-corrected chi connectivity index (χ4v) is 3.98. The Morgan fingerprint density at radius 2 is 2.10 bits per heavy atom. The zero-order valence-electron chi connectivity index (χ0n) is 14.1. The summed E-state index contributed by atoms with van der Waals surface area (Å²) in [4.78, 5) is 0. The van der Waals surface area contributed by atoms with Gasteiger partial charge in [0.05, 0.1) is 0 Å². The van der Waals surface area contributed by atoms with E-state index in [-0.39, 0.29) is 0 Å². The monoisotopic (exact) mass is 291 g/mol. The molecule has 21 heavy (non-hydrogen) atoms. The normalized spacial score (nSPS) is 26.1. The highest BCUT2D eigenvalue weighted by Gasteiger charge is 2.32. The van der Waals surface area contributed by atoms with Crippen molar-refractivity contribution in [3.05, 3.63) is 18.0 Å². The van der Waals surface area contributed by atoms with E-state index in [0.717, 1.165) is 24.9 Å². The summed E-state index contributed by atoms with van der Waals surface area (Å²) in [6.07, 6.45) is 10.1. The zero-order chi connectivity index (χ0) is 15.1. The van der Waals surface area contributed by atoms with Crippen LogP contribution in [0.4, 0.5) is 0 Å². The number of hydrogen-bond acceptors (Lipinski definition) is 2. The summed E-state index contributed by atoms with van der Waals surface area (Å²) in [5, 5.41) is 8.16. The van der Waals surface area contributed by atoms with Gasteiger partial charge in [-0.15, -0.1) is 0 Å². The minimum absolute atomic E-state index is 0.696. The lowest BCUT2D eigenvalue weighted by Crippen LogP contribution is -2.33. The molecule has 1 aliphatic rings. The minimum Gasteiger partial charge on any atom is -0.316 e. The lowest BCUT2D eigenvalue weighted by Gasteiger charge is -2.36. The van der Waals surface area contributed by atoms with E-state index in [1.54, 1.807) is 0 Å². The molecule has 3 unspecified atom stereocenters. The van der Waals surface area contributed by atoms with Crippen LogP contribution in [-0.2, 0) is 6.54 Å². The van der Waals surface area contributed by atoms with Crippen molar-refractivity contribution in [3.8, 4) is 0 Å². The van der Waals surface area contributed by atoms with E-state index in [1.165, 1.54) is 50.8 Å². The molecule has 1 N–H and O–H groups in total. The van der Waals surface area contributed by atoms with Crippen molar-refractivity contribution in [2.75, 3.05) is 13.1 Å². The second-order valence-electron chi connectivity index (χ2n) is 6.61. The average molecular weight is 291 g/mol. The van der Waals surface area contributed by atoms with E-state index in [0.29, 0.717) is 5.92 Å². The average Bonchev–Trinajstić information content (AvgIpc) is 2.97. The van der Waals surface area contributed by atoms with Crippen LogP contribution in [0.1, 0.15) is 70.9 Å². The Balaban J connectivity index is 2.08. The first-order valence-electron chi connectivity index (χ1n) is 9.02. The first kappa shape index (κ1) is 16.5. The number of aryl methyl sites for hydroxylation is 1. The number of rotatable bonds is 8. The van der Waals surface area contributed by atoms with Crippen LogP contribution in [0, 0.1) is 11.8 Å². The van der Waals surface area contributed by atoms with Crippen molar-refractivity contribution in [2.24, 2.45) is 11.8 Å². The van der Waals surface area contributed by atoms with Gasteiger partial charge in [-0.25, -0.2) is 0 Å². The van der Waals surface area contributed by atoms with Crippen LogP contribution in [0.2, 0.25) is 0 Å². The summed E-state index contributed by atoms with van der Waals surface area (Å²) in [6, 6.07) is 2.26. The van der Waals surface area contributed by atoms with Gasteiger partial charge < -0.3 is 5.32 Å². The molecular formula is C18H33N3. The molecular weight excluding hydrogens is 258 g/mol. The lowest BCUT2D eigenvalue weighted by atomic mass is 9.71. The second-order valence-corrected chi connectivity index (χ2v) is 6.61. The van der Waals surface area contributed by atoms with Crippen LogP contribution in [0.15, 0.2) is 12.3 Å². The molecule has 0 spiro atoms. The Hall–Kier alpha value is -0.830. The van der Waals surface area contributed by atoms with E-state index in [9.17, 15) is 0 Å². The topological polar surface area (TPSA) is 29.9 Å². The molecule has 0 radical (unpaired) electrons. The predicted octanol–water partition coefficient (Wildman–Crippen LogP) is 4.20. The Morgan fingerprint density at radius 3 is 2.81 bits per heavy atom. The molecule has 3 atom stereocenters. The van der Waals surface area contributed by atoms with Crippen LogP contribution in [0.25, 0.3) is 0 Å². The largest absolute Gasteiger partial charge is 0.316 e. The molecule has 1 heterocycles. The van der Waals surface area contributed by atoms with Gasteiger partial charge in [0.1, 0.15) is 0 Å². The van der Waals surface area contributed by atoms with Gasteiger partial charge in [0.15, 0.2) is 0 Å². The number of nitrogens with one attached hydrogen (secondary N) is 1. The van der Waals surface area contributed by atoms with Crippen LogP contribution in [-0.4, -0.2) is 22.9 Å². The second kappa shape index (κ2) is 8.57. The molecule has 0 saturated heterocycles. The van der Waals surface area contributed by atoms with Crippen molar-refractivity contribution in [1.82, 2.24) is 15.1 Å². The van der Waals surface area contributed by atoms with Crippen LogP contribution >= 0.6 is 0 Å². The molecule has 0 bridgehead atoms. The van der Waals surface area contributed by atoms with Gasteiger partial charge in [-0.1, -0.05) is 33.1 Å². The van der Waals surface area contributed by atoms with Gasteiger partial charge in [0.2, 0.25) is 0 Å². The van der Waals surface area contributed by atoms with Crippen LogP contribution in [0.3, 0.4) is 0 Å². The summed E-state index contributed by atoms with van der Waals surface area (Å²) in [6.45, 7) is 10.1. The molecule has 1 aromatic rings. The van der Waals surface area contributed by atoms with E-state index in [1.807, 2.05) is 6.20 Å². The molecule has 0 amide bonds. The van der Waals surface area contributed by atoms with E-state index in [4.69, 9.17) is 0 Å². The third kappa shape index (κ3) is 4.32. The molecule has 1 fully saturated rings. The maximum Gasteiger partial charge on any atom is 0.0492 e. The Kier molecular flexibility index (Phi) is 6.75. The predicted molar refractivity (Wildman–Crippen MR) is 89.5 cm³/mol. The van der Waals surface area contributed by atoms with Gasteiger partial charge >= 0.3 is 0 Å². The molecule has 0 aromatic carbocycles. The first-order chi connectivity index (χ1) is 10.3. The van der Waals surface area contributed by atoms with Gasteiger partial charge in [-0.3, -0.25) is 4.68 Å². The molecule has 1 aromatic heterocycles. The van der Waals surface area contributed by atoms with E-state index in [2.05, 4.69) is 41.9 Å². The fraction of sp³-hybridized carbons (Fsp3) is 0.833.